The van der Waals surface area contributed by atoms with E-state index < -0.39 is 11.2 Å². The van der Waals surface area contributed by atoms with Crippen molar-refractivity contribution >= 4 is 17.1 Å². The lowest BCUT2D eigenvalue weighted by Crippen LogP contribution is -2.37. The molecule has 16 heavy (non-hydrogen) atoms. The first kappa shape index (κ1) is 10.3. The standard InChI is InChI=1S/C9H10N4O3/c1-5(14)13-4-10-7-6(13)8(15)12(3)9(16)11(7)2/h4H,1-3H3. The first-order valence-corrected chi connectivity index (χ1v) is 4.59. The molecular formula is C9H10N4O3. The SMILES string of the molecule is CC(=O)n1cnc2c1c(=O)n(C)c(=O)n2C. The lowest BCUT2D eigenvalue weighted by Gasteiger charge is -2.03. The van der Waals surface area contributed by atoms with Crippen LogP contribution in [0.25, 0.3) is 11.2 Å². The Morgan fingerprint density at radius 1 is 1.25 bits per heavy atom. The Labute approximate surface area is 89.6 Å². The van der Waals surface area contributed by atoms with E-state index in [1.807, 2.05) is 0 Å². The molecule has 0 aliphatic carbocycles. The van der Waals surface area contributed by atoms with Gasteiger partial charge in [-0.2, -0.15) is 0 Å². The fourth-order valence-corrected chi connectivity index (χ4v) is 1.58. The normalized spacial score (nSPS) is 10.9. The van der Waals surface area contributed by atoms with Crippen molar-refractivity contribution in [2.75, 3.05) is 0 Å². The summed E-state index contributed by atoms with van der Waals surface area (Å²) in [4.78, 5) is 38.6. The summed E-state index contributed by atoms with van der Waals surface area (Å²) in [5, 5.41) is 0. The van der Waals surface area contributed by atoms with Gasteiger partial charge in [0.05, 0.1) is 0 Å². The molecule has 2 aromatic rings. The third kappa shape index (κ3) is 1.14. The number of carbonyl (C=O) groups is 1. The van der Waals surface area contributed by atoms with Crippen molar-refractivity contribution in [3.63, 3.8) is 0 Å². The van der Waals surface area contributed by atoms with E-state index in [0.29, 0.717) is 0 Å². The summed E-state index contributed by atoms with van der Waals surface area (Å²) in [5.41, 5.74) is -0.655. The van der Waals surface area contributed by atoms with Gasteiger partial charge in [0.2, 0.25) is 5.91 Å². The van der Waals surface area contributed by atoms with Crippen LogP contribution in [0.4, 0.5) is 0 Å². The lowest BCUT2D eigenvalue weighted by molar-refractivity contribution is 0.0941. The molecule has 0 aromatic carbocycles. The number of nitrogens with zero attached hydrogens (tertiary/aromatic N) is 4. The molecule has 84 valence electrons. The molecule has 2 heterocycles. The molecular weight excluding hydrogens is 212 g/mol. The van der Waals surface area contributed by atoms with E-state index in [-0.39, 0.29) is 17.1 Å². The van der Waals surface area contributed by atoms with Crippen LogP contribution in [0.3, 0.4) is 0 Å². The highest BCUT2D eigenvalue weighted by Gasteiger charge is 2.15. The maximum atomic E-state index is 11.8. The molecule has 0 radical (unpaired) electrons. The van der Waals surface area contributed by atoms with Gasteiger partial charge in [-0.25, -0.2) is 9.78 Å². The van der Waals surface area contributed by atoms with Crippen LogP contribution in [-0.2, 0) is 14.1 Å². The number of imidazole rings is 1. The summed E-state index contributed by atoms with van der Waals surface area (Å²) >= 11 is 0. The smallest absolute Gasteiger partial charge is 0.279 e. The second kappa shape index (κ2) is 3.16. The number of rotatable bonds is 0. The largest absolute Gasteiger partial charge is 0.332 e. The van der Waals surface area contributed by atoms with Crippen molar-refractivity contribution in [2.24, 2.45) is 14.1 Å². The van der Waals surface area contributed by atoms with Crippen molar-refractivity contribution in [2.45, 2.75) is 6.92 Å². The van der Waals surface area contributed by atoms with Crippen molar-refractivity contribution in [1.29, 1.82) is 0 Å². The van der Waals surface area contributed by atoms with Crippen molar-refractivity contribution in [3.8, 4) is 0 Å². The Morgan fingerprint density at radius 3 is 2.44 bits per heavy atom. The predicted octanol–water partition coefficient (Wildman–Crippen LogP) is -0.906. The molecule has 0 atom stereocenters. The molecule has 2 rings (SSSR count). The molecule has 7 nitrogen and oxygen atoms in total. The van der Waals surface area contributed by atoms with Crippen molar-refractivity contribution in [1.82, 2.24) is 18.7 Å². The fourth-order valence-electron chi connectivity index (χ4n) is 1.58. The first-order chi connectivity index (χ1) is 7.45. The quantitative estimate of drug-likeness (QED) is 0.578. The van der Waals surface area contributed by atoms with Gasteiger partial charge in [-0.1, -0.05) is 0 Å². The van der Waals surface area contributed by atoms with Crippen molar-refractivity contribution in [3.05, 3.63) is 27.2 Å². The lowest BCUT2D eigenvalue weighted by atomic mass is 10.5. The van der Waals surface area contributed by atoms with Gasteiger partial charge in [0.25, 0.3) is 5.56 Å². The molecule has 0 N–H and O–H groups in total. The maximum absolute atomic E-state index is 11.8. The van der Waals surface area contributed by atoms with Gasteiger partial charge in [0, 0.05) is 21.0 Å². The van der Waals surface area contributed by atoms with E-state index in [4.69, 9.17) is 0 Å². The second-order valence-electron chi connectivity index (χ2n) is 3.51. The molecule has 0 spiro atoms. The minimum absolute atomic E-state index is 0.122. The van der Waals surface area contributed by atoms with Crippen LogP contribution in [0, 0.1) is 0 Å². The zero-order valence-electron chi connectivity index (χ0n) is 9.09. The summed E-state index contributed by atoms with van der Waals surface area (Å²) in [7, 11) is 2.86. The predicted molar refractivity (Wildman–Crippen MR) is 56.5 cm³/mol. The third-order valence-corrected chi connectivity index (χ3v) is 2.49. The number of fused-ring (bicyclic) bond motifs is 1. The van der Waals surface area contributed by atoms with Gasteiger partial charge in [-0.15, -0.1) is 0 Å². The van der Waals surface area contributed by atoms with Crippen molar-refractivity contribution < 1.29 is 4.79 Å². The molecule has 0 fully saturated rings. The minimum atomic E-state index is -0.522. The molecule has 2 aromatic heterocycles. The molecule has 0 aliphatic rings. The molecule has 0 saturated carbocycles. The highest BCUT2D eigenvalue weighted by atomic mass is 16.2. The van der Waals surface area contributed by atoms with E-state index in [2.05, 4.69) is 4.98 Å². The van der Waals surface area contributed by atoms with Crippen LogP contribution in [0.5, 0.6) is 0 Å². The van der Waals surface area contributed by atoms with E-state index >= 15 is 0 Å². The molecule has 7 heteroatoms. The number of hydrogen-bond acceptors (Lipinski definition) is 4. The number of carbonyl (C=O) groups excluding carboxylic acids is 1. The second-order valence-corrected chi connectivity index (χ2v) is 3.51. The summed E-state index contributed by atoms with van der Waals surface area (Å²) in [6.45, 7) is 1.33. The summed E-state index contributed by atoms with van der Waals surface area (Å²) in [6, 6.07) is 0. The highest BCUT2D eigenvalue weighted by molar-refractivity contribution is 5.86. The summed E-state index contributed by atoms with van der Waals surface area (Å²) in [5.74, 6) is -0.321. The van der Waals surface area contributed by atoms with Crippen LogP contribution in [-0.4, -0.2) is 24.6 Å². The Balaban J connectivity index is 3.13. The molecule has 0 saturated heterocycles. The van der Waals surface area contributed by atoms with E-state index in [1.165, 1.54) is 31.9 Å². The number of hydrogen-bond donors (Lipinski definition) is 0. The minimum Gasteiger partial charge on any atom is -0.279 e. The van der Waals surface area contributed by atoms with Gasteiger partial charge < -0.3 is 0 Å². The van der Waals surface area contributed by atoms with Gasteiger partial charge in [-0.3, -0.25) is 23.3 Å². The van der Waals surface area contributed by atoms with Crippen LogP contribution in [0.2, 0.25) is 0 Å². The van der Waals surface area contributed by atoms with E-state index in [1.54, 1.807) is 0 Å². The third-order valence-electron chi connectivity index (χ3n) is 2.49. The van der Waals surface area contributed by atoms with Crippen LogP contribution >= 0.6 is 0 Å². The van der Waals surface area contributed by atoms with Gasteiger partial charge in [-0.05, 0) is 0 Å². The average molecular weight is 222 g/mol. The Kier molecular flexibility index (Phi) is 2.04. The molecule has 0 aliphatic heterocycles. The van der Waals surface area contributed by atoms with E-state index in [0.717, 1.165) is 9.13 Å². The first-order valence-electron chi connectivity index (χ1n) is 4.59. The summed E-state index contributed by atoms with van der Waals surface area (Å²) < 4.78 is 3.32. The fraction of sp³-hybridized carbons (Fsp3) is 0.333. The zero-order chi connectivity index (χ0) is 12.0. The van der Waals surface area contributed by atoms with Gasteiger partial charge in [0.1, 0.15) is 6.33 Å². The zero-order valence-corrected chi connectivity index (χ0v) is 9.09. The van der Waals surface area contributed by atoms with Crippen LogP contribution in [0.15, 0.2) is 15.9 Å². The molecule has 0 unspecified atom stereocenters. The molecule has 0 bridgehead atoms. The Bertz CT molecular complexity index is 704. The number of aryl methyl sites for hydroxylation is 1. The van der Waals surface area contributed by atoms with Gasteiger partial charge >= 0.3 is 5.69 Å². The van der Waals surface area contributed by atoms with E-state index in [9.17, 15) is 14.4 Å². The monoisotopic (exact) mass is 222 g/mol. The van der Waals surface area contributed by atoms with Gasteiger partial charge in [0.15, 0.2) is 11.2 Å². The van der Waals surface area contributed by atoms with Crippen LogP contribution < -0.4 is 11.2 Å². The Morgan fingerprint density at radius 2 is 1.88 bits per heavy atom. The molecule has 0 amide bonds. The Hall–Kier alpha value is -2.18. The average Bonchev–Trinajstić information content (AvgIpc) is 2.67. The van der Waals surface area contributed by atoms with Crippen LogP contribution in [0.1, 0.15) is 11.7 Å². The summed E-state index contributed by atoms with van der Waals surface area (Å²) in [6.07, 6.45) is 1.24. The topological polar surface area (TPSA) is 78.9 Å². The number of aromatic nitrogens is 4. The highest BCUT2D eigenvalue weighted by Crippen LogP contribution is 2.04. The maximum Gasteiger partial charge on any atom is 0.332 e.